The van der Waals surface area contributed by atoms with Crippen molar-refractivity contribution >= 4 is 12.0 Å². The van der Waals surface area contributed by atoms with Crippen LogP contribution in [0.2, 0.25) is 0 Å². The monoisotopic (exact) mass is 524 g/mol. The highest BCUT2D eigenvalue weighted by Gasteiger charge is 2.62. The Kier molecular flexibility index (Phi) is 7.24. The second-order valence-corrected chi connectivity index (χ2v) is 13.2. The molecule has 0 saturated carbocycles. The molecule has 1 aromatic carbocycles. The Balaban J connectivity index is 1.27. The third-order valence-electron chi connectivity index (χ3n) is 8.68. The molecule has 1 saturated heterocycles. The van der Waals surface area contributed by atoms with Crippen LogP contribution in [0.1, 0.15) is 71.4 Å². The Hall–Kier alpha value is -2.58. The van der Waals surface area contributed by atoms with E-state index in [2.05, 4.69) is 60.2 Å². The first kappa shape index (κ1) is 27.0. The summed E-state index contributed by atoms with van der Waals surface area (Å²) in [5, 5.41) is 2.92. The summed E-state index contributed by atoms with van der Waals surface area (Å²) in [4.78, 5) is 27.9. The molecule has 4 aliphatic rings. The van der Waals surface area contributed by atoms with E-state index < -0.39 is 6.09 Å². The van der Waals surface area contributed by atoms with Gasteiger partial charge in [0.15, 0.2) is 11.5 Å². The molecule has 1 fully saturated rings. The average molecular weight is 525 g/mol. The van der Waals surface area contributed by atoms with Gasteiger partial charge in [-0.05, 0) is 77.1 Å². The molecule has 5 rings (SSSR count). The number of nitrogens with zero attached hydrogens (tertiary/aromatic N) is 1. The lowest BCUT2D eigenvalue weighted by molar-refractivity contribution is -0.123. The van der Waals surface area contributed by atoms with Crippen LogP contribution in [0.3, 0.4) is 0 Å². The molecule has 8 nitrogen and oxygen atoms in total. The number of carbonyl (C=O) groups excluding carboxylic acids is 2. The maximum atomic E-state index is 13.0. The van der Waals surface area contributed by atoms with Crippen molar-refractivity contribution in [3.63, 3.8) is 0 Å². The molecule has 5 atom stereocenters. The van der Waals surface area contributed by atoms with Crippen LogP contribution in [0, 0.1) is 17.8 Å². The van der Waals surface area contributed by atoms with Gasteiger partial charge in [0.05, 0.1) is 0 Å². The minimum atomic E-state index is -0.508. The van der Waals surface area contributed by atoms with Gasteiger partial charge in [0, 0.05) is 47.9 Å². The van der Waals surface area contributed by atoms with Gasteiger partial charge in [-0.2, -0.15) is 0 Å². The second-order valence-electron chi connectivity index (χ2n) is 13.2. The van der Waals surface area contributed by atoms with Crippen LogP contribution in [-0.4, -0.2) is 54.7 Å². The summed E-state index contributed by atoms with van der Waals surface area (Å²) >= 11 is 0. The second kappa shape index (κ2) is 10.2. The van der Waals surface area contributed by atoms with E-state index in [1.165, 1.54) is 11.1 Å². The summed E-state index contributed by atoms with van der Waals surface area (Å²) in [6, 6.07) is 4.50. The lowest BCUT2D eigenvalue weighted by Crippen LogP contribution is -2.62. The molecule has 2 aliphatic carbocycles. The molecule has 8 heteroatoms. The molecule has 0 radical (unpaired) electrons. The molecule has 2 amide bonds. The number of hydrogen-bond donors (Lipinski definition) is 3. The number of benzene rings is 1. The molecule has 3 N–H and O–H groups in total. The number of likely N-dealkylation sites (N-methyl/N-ethyl adjacent to an activating group) is 1. The van der Waals surface area contributed by atoms with E-state index in [1.54, 1.807) is 0 Å². The molecule has 1 spiro atoms. The lowest BCUT2D eigenvalue weighted by atomic mass is 9.54. The first-order valence-electron chi connectivity index (χ1n) is 14.2. The van der Waals surface area contributed by atoms with Crippen molar-refractivity contribution in [2.45, 2.75) is 89.8 Å². The van der Waals surface area contributed by atoms with Crippen LogP contribution in [0.25, 0.3) is 0 Å². The maximum absolute atomic E-state index is 13.0. The van der Waals surface area contributed by atoms with Crippen LogP contribution in [0.4, 0.5) is 4.79 Å². The number of ether oxygens (including phenoxy) is 2. The van der Waals surface area contributed by atoms with Crippen LogP contribution in [-0.2, 0) is 16.6 Å². The molecule has 208 valence electrons. The molecule has 2 unspecified atom stereocenters. The lowest BCUT2D eigenvalue weighted by Gasteiger charge is -2.55. The van der Waals surface area contributed by atoms with Crippen molar-refractivity contribution in [3.8, 4) is 11.5 Å². The van der Waals surface area contributed by atoms with Gasteiger partial charge in [0.1, 0.15) is 6.10 Å². The zero-order chi connectivity index (χ0) is 27.2. The number of nitrogens with one attached hydrogen (secondary N) is 3. The molecule has 38 heavy (non-hydrogen) atoms. The summed E-state index contributed by atoms with van der Waals surface area (Å²) in [6.45, 7) is 11.6. The topological polar surface area (TPSA) is 91.9 Å². The Morgan fingerprint density at radius 2 is 2.05 bits per heavy atom. The van der Waals surface area contributed by atoms with Gasteiger partial charge in [-0.15, -0.1) is 0 Å². The van der Waals surface area contributed by atoms with Gasteiger partial charge in [0.25, 0.3) is 0 Å². The fourth-order valence-corrected chi connectivity index (χ4v) is 7.12. The number of likely N-dealkylation sites (tertiary alicyclic amines) is 1. The quantitative estimate of drug-likeness (QED) is 0.351. The highest BCUT2D eigenvalue weighted by Crippen LogP contribution is 2.62. The number of amides is 2. The predicted octanol–water partition coefficient (Wildman–Crippen LogP) is 4.08. The fourth-order valence-electron chi connectivity index (χ4n) is 7.12. The minimum Gasteiger partial charge on any atom is -0.485 e. The van der Waals surface area contributed by atoms with E-state index in [1.807, 2.05) is 26.8 Å². The summed E-state index contributed by atoms with van der Waals surface area (Å²) in [7, 11) is 2.23. The van der Waals surface area contributed by atoms with Gasteiger partial charge in [0.2, 0.25) is 5.91 Å². The highest BCUT2D eigenvalue weighted by atomic mass is 16.6. The predicted molar refractivity (Wildman–Crippen MR) is 147 cm³/mol. The van der Waals surface area contributed by atoms with E-state index in [0.717, 1.165) is 38.0 Å². The molecular formula is C30H44N4O4. The molecule has 0 aromatic heterocycles. The van der Waals surface area contributed by atoms with Crippen molar-refractivity contribution < 1.29 is 19.1 Å². The maximum Gasteiger partial charge on any atom is 0.412 e. The van der Waals surface area contributed by atoms with Crippen LogP contribution in [0.5, 0.6) is 11.5 Å². The van der Waals surface area contributed by atoms with Crippen molar-refractivity contribution in [3.05, 3.63) is 35.4 Å². The number of hydrogen-bond acceptors (Lipinski definition) is 6. The number of rotatable bonds is 8. The third kappa shape index (κ3) is 5.05. The first-order valence-corrected chi connectivity index (χ1v) is 14.2. The summed E-state index contributed by atoms with van der Waals surface area (Å²) in [5.74, 6) is 1.99. The molecule has 2 bridgehead atoms. The van der Waals surface area contributed by atoms with Crippen LogP contribution < -0.4 is 25.6 Å². The fraction of sp³-hybridized carbons (Fsp3) is 0.667. The van der Waals surface area contributed by atoms with Gasteiger partial charge in [-0.3, -0.25) is 10.2 Å². The first-order chi connectivity index (χ1) is 18.0. The molecule has 2 heterocycles. The Bertz CT molecular complexity index is 1110. The van der Waals surface area contributed by atoms with Gasteiger partial charge >= 0.3 is 6.09 Å². The van der Waals surface area contributed by atoms with Gasteiger partial charge < -0.3 is 19.7 Å². The van der Waals surface area contributed by atoms with Crippen LogP contribution in [0.15, 0.2) is 24.3 Å². The minimum absolute atomic E-state index is 0.00371. The van der Waals surface area contributed by atoms with Crippen molar-refractivity contribution in [2.24, 2.45) is 17.8 Å². The van der Waals surface area contributed by atoms with Crippen molar-refractivity contribution in [2.75, 3.05) is 20.1 Å². The number of carbonyl (C=O) groups is 2. The summed E-state index contributed by atoms with van der Waals surface area (Å²) in [6.07, 6.45) is 8.33. The van der Waals surface area contributed by atoms with E-state index in [-0.39, 0.29) is 28.9 Å². The zero-order valence-electron chi connectivity index (χ0n) is 23.7. The molecule has 1 aromatic rings. The summed E-state index contributed by atoms with van der Waals surface area (Å²) in [5.41, 5.74) is 8.15. The molecular weight excluding hydrogens is 480 g/mol. The van der Waals surface area contributed by atoms with Crippen molar-refractivity contribution in [1.82, 2.24) is 21.1 Å². The van der Waals surface area contributed by atoms with Crippen molar-refractivity contribution in [1.29, 1.82) is 0 Å². The van der Waals surface area contributed by atoms with Crippen LogP contribution >= 0.6 is 0 Å². The number of hydrazine groups is 1. The largest absolute Gasteiger partial charge is 0.485 e. The Morgan fingerprint density at radius 3 is 2.79 bits per heavy atom. The number of piperidine rings is 1. The average Bonchev–Trinajstić information content (AvgIpc) is 3.18. The molecule has 2 aliphatic heterocycles. The third-order valence-corrected chi connectivity index (χ3v) is 8.68. The van der Waals surface area contributed by atoms with E-state index in [9.17, 15) is 9.59 Å². The smallest absolute Gasteiger partial charge is 0.412 e. The van der Waals surface area contributed by atoms with E-state index in [4.69, 9.17) is 9.47 Å². The Labute approximate surface area is 226 Å². The van der Waals surface area contributed by atoms with E-state index in [0.29, 0.717) is 36.6 Å². The zero-order valence-corrected chi connectivity index (χ0v) is 23.7. The SMILES string of the molecule is CC(C)C[C@H](CNC(=O)Oc1ccc2c3c1O[C@H]1CC=CC4C(C2)N(C)CC[C@@]341)CC(=O)NNC(C)(C)C. The summed E-state index contributed by atoms with van der Waals surface area (Å²) < 4.78 is 12.5. The van der Waals surface area contributed by atoms with Gasteiger partial charge in [-0.1, -0.05) is 32.1 Å². The highest BCUT2D eigenvalue weighted by molar-refractivity contribution is 5.76. The standard InChI is InChI=1S/C30H44N4O4/c1-18(2)14-19(15-25(35)32-33-29(3,4)5)17-31-28(36)37-23-11-10-20-16-22-21-8-7-9-24-30(21,12-13-34(22)6)26(20)27(23)38-24/h7-8,10-11,18-19,21-22,24,33H,9,12-17H2,1-6H3,(H,31,36)(H,32,35)/t19-,21?,22?,24-,30+/m0/s1. The Morgan fingerprint density at radius 1 is 1.26 bits per heavy atom. The normalized spacial score (nSPS) is 27.9. The van der Waals surface area contributed by atoms with Gasteiger partial charge in [-0.25, -0.2) is 10.2 Å². The van der Waals surface area contributed by atoms with E-state index >= 15 is 0 Å².